The summed E-state index contributed by atoms with van der Waals surface area (Å²) in [5.41, 5.74) is 0. The molecule has 2 amide bonds. The Morgan fingerprint density at radius 2 is 1.71 bits per heavy atom. The van der Waals surface area contributed by atoms with Gasteiger partial charge in [0.25, 0.3) is 0 Å². The Morgan fingerprint density at radius 3 is 2.29 bits per heavy atom. The Morgan fingerprint density at radius 1 is 1.12 bits per heavy atom. The van der Waals surface area contributed by atoms with E-state index in [1.54, 1.807) is 0 Å². The van der Waals surface area contributed by atoms with Crippen LogP contribution in [0.3, 0.4) is 0 Å². The van der Waals surface area contributed by atoms with Crippen molar-refractivity contribution in [2.75, 3.05) is 13.2 Å². The molecule has 3 N–H and O–H groups in total. The Hall–Kier alpha value is -1.43. The standard InChI is InChI=1S/C11H17N3O3/c15-6-8-4-2-1-3-7(8)5-12-11-13-9(16)10(17)14-11/h7-8,15H,1-6H2,(H2,12,13,14,16,17). The first-order valence-electron chi connectivity index (χ1n) is 5.98. The summed E-state index contributed by atoms with van der Waals surface area (Å²) in [4.78, 5) is 26.0. The van der Waals surface area contributed by atoms with Gasteiger partial charge in [-0.15, -0.1) is 0 Å². The molecule has 0 aromatic heterocycles. The van der Waals surface area contributed by atoms with Crippen LogP contribution in [0.1, 0.15) is 25.7 Å². The van der Waals surface area contributed by atoms with Crippen LogP contribution in [-0.4, -0.2) is 36.0 Å². The number of guanidine groups is 1. The van der Waals surface area contributed by atoms with E-state index in [0.717, 1.165) is 25.7 Å². The fraction of sp³-hybridized carbons (Fsp3) is 0.727. The average Bonchev–Trinajstić information content (AvgIpc) is 2.66. The van der Waals surface area contributed by atoms with Gasteiger partial charge in [-0.25, -0.2) is 0 Å². The summed E-state index contributed by atoms with van der Waals surface area (Å²) < 4.78 is 0. The lowest BCUT2D eigenvalue weighted by Gasteiger charge is -2.28. The number of carbonyl (C=O) groups is 2. The SMILES string of the molecule is O=C1NC(=NCC2CCCCC2CO)NC1=O. The number of nitrogens with zero attached hydrogens (tertiary/aromatic N) is 1. The molecule has 1 saturated carbocycles. The molecule has 0 aromatic carbocycles. The molecule has 2 fully saturated rings. The minimum absolute atomic E-state index is 0.189. The molecule has 2 aliphatic rings. The van der Waals surface area contributed by atoms with Crippen molar-refractivity contribution in [3.63, 3.8) is 0 Å². The van der Waals surface area contributed by atoms with Crippen molar-refractivity contribution < 1.29 is 14.7 Å². The molecule has 2 atom stereocenters. The monoisotopic (exact) mass is 239 g/mol. The van der Waals surface area contributed by atoms with Crippen LogP contribution in [0.4, 0.5) is 0 Å². The summed E-state index contributed by atoms with van der Waals surface area (Å²) in [6, 6.07) is 0. The van der Waals surface area contributed by atoms with Crippen LogP contribution in [0.2, 0.25) is 0 Å². The summed E-state index contributed by atoms with van der Waals surface area (Å²) in [5, 5.41) is 14.0. The maximum atomic E-state index is 10.9. The third kappa shape index (κ3) is 2.82. The van der Waals surface area contributed by atoms with E-state index in [2.05, 4.69) is 15.6 Å². The number of rotatable bonds is 3. The van der Waals surface area contributed by atoms with Crippen molar-refractivity contribution >= 4 is 17.8 Å². The Bertz CT molecular complexity index is 336. The Labute approximate surface area is 99.5 Å². The molecule has 1 heterocycles. The second-order valence-electron chi connectivity index (χ2n) is 4.58. The average molecular weight is 239 g/mol. The van der Waals surface area contributed by atoms with Crippen LogP contribution in [0, 0.1) is 11.8 Å². The summed E-state index contributed by atoms with van der Waals surface area (Å²) in [5.74, 6) is -0.448. The highest BCUT2D eigenvalue weighted by molar-refractivity contribution is 6.45. The van der Waals surface area contributed by atoms with Crippen LogP contribution < -0.4 is 10.6 Å². The molecule has 1 aliphatic carbocycles. The summed E-state index contributed by atoms with van der Waals surface area (Å²) in [6.45, 7) is 0.732. The lowest BCUT2D eigenvalue weighted by atomic mass is 9.80. The smallest absolute Gasteiger partial charge is 0.316 e. The van der Waals surface area contributed by atoms with E-state index in [1.807, 2.05) is 0 Å². The summed E-state index contributed by atoms with van der Waals surface area (Å²) >= 11 is 0. The summed E-state index contributed by atoms with van der Waals surface area (Å²) in [6.07, 6.45) is 4.39. The van der Waals surface area contributed by atoms with E-state index in [9.17, 15) is 14.7 Å². The number of hydrogen-bond acceptors (Lipinski definition) is 4. The molecule has 2 rings (SSSR count). The van der Waals surface area contributed by atoms with Crippen molar-refractivity contribution in [1.82, 2.24) is 10.6 Å². The lowest BCUT2D eigenvalue weighted by Crippen LogP contribution is -2.29. The van der Waals surface area contributed by atoms with Gasteiger partial charge < -0.3 is 5.11 Å². The second-order valence-corrected chi connectivity index (χ2v) is 4.58. The molecule has 1 aliphatic heterocycles. The van der Waals surface area contributed by atoms with Crippen LogP contribution in [0.15, 0.2) is 4.99 Å². The third-order valence-electron chi connectivity index (χ3n) is 3.46. The molecule has 0 spiro atoms. The van der Waals surface area contributed by atoms with Gasteiger partial charge in [-0.3, -0.25) is 25.2 Å². The second kappa shape index (κ2) is 5.27. The highest BCUT2D eigenvalue weighted by Gasteiger charge is 2.27. The number of aliphatic hydroxyl groups is 1. The highest BCUT2D eigenvalue weighted by atomic mass is 16.3. The van der Waals surface area contributed by atoms with E-state index in [1.165, 1.54) is 0 Å². The normalized spacial score (nSPS) is 28.9. The van der Waals surface area contributed by atoms with Gasteiger partial charge in [0.15, 0.2) is 0 Å². The van der Waals surface area contributed by atoms with Gasteiger partial charge in [0.1, 0.15) is 0 Å². The highest BCUT2D eigenvalue weighted by Crippen LogP contribution is 2.29. The van der Waals surface area contributed by atoms with E-state index in [0.29, 0.717) is 18.4 Å². The molecular weight excluding hydrogens is 222 g/mol. The molecule has 0 radical (unpaired) electrons. The first kappa shape index (κ1) is 12.0. The van der Waals surface area contributed by atoms with E-state index >= 15 is 0 Å². The zero-order valence-electron chi connectivity index (χ0n) is 9.61. The fourth-order valence-corrected chi connectivity index (χ4v) is 2.41. The van der Waals surface area contributed by atoms with Crippen molar-refractivity contribution in [1.29, 1.82) is 0 Å². The molecule has 1 saturated heterocycles. The van der Waals surface area contributed by atoms with Crippen molar-refractivity contribution in [3.8, 4) is 0 Å². The van der Waals surface area contributed by atoms with Gasteiger partial charge in [-0.05, 0) is 24.7 Å². The van der Waals surface area contributed by atoms with E-state index in [-0.39, 0.29) is 12.6 Å². The van der Waals surface area contributed by atoms with Crippen molar-refractivity contribution in [2.24, 2.45) is 16.8 Å². The Kier molecular flexibility index (Phi) is 3.73. The molecular formula is C11H17N3O3. The molecule has 94 valence electrons. The zero-order valence-corrected chi connectivity index (χ0v) is 9.61. The number of aliphatic imine (C=N–C) groups is 1. The van der Waals surface area contributed by atoms with Crippen LogP contribution in [0.5, 0.6) is 0 Å². The van der Waals surface area contributed by atoms with Gasteiger partial charge in [-0.1, -0.05) is 12.8 Å². The molecule has 2 unspecified atom stereocenters. The van der Waals surface area contributed by atoms with Crippen LogP contribution in [0.25, 0.3) is 0 Å². The fourth-order valence-electron chi connectivity index (χ4n) is 2.41. The predicted molar refractivity (Wildman–Crippen MR) is 61.1 cm³/mol. The molecule has 0 aromatic rings. The lowest BCUT2D eigenvalue weighted by molar-refractivity contribution is -0.135. The molecule has 6 nitrogen and oxygen atoms in total. The zero-order chi connectivity index (χ0) is 12.3. The van der Waals surface area contributed by atoms with Crippen LogP contribution >= 0.6 is 0 Å². The van der Waals surface area contributed by atoms with Gasteiger partial charge in [0.05, 0.1) is 0 Å². The molecule has 17 heavy (non-hydrogen) atoms. The van der Waals surface area contributed by atoms with Gasteiger partial charge >= 0.3 is 11.8 Å². The largest absolute Gasteiger partial charge is 0.396 e. The van der Waals surface area contributed by atoms with Gasteiger partial charge in [-0.2, -0.15) is 0 Å². The minimum Gasteiger partial charge on any atom is -0.396 e. The maximum absolute atomic E-state index is 10.9. The quantitative estimate of drug-likeness (QED) is 0.574. The van der Waals surface area contributed by atoms with Crippen molar-refractivity contribution in [2.45, 2.75) is 25.7 Å². The van der Waals surface area contributed by atoms with E-state index < -0.39 is 11.8 Å². The third-order valence-corrected chi connectivity index (χ3v) is 3.46. The van der Waals surface area contributed by atoms with Crippen molar-refractivity contribution in [3.05, 3.63) is 0 Å². The van der Waals surface area contributed by atoms with Crippen LogP contribution in [-0.2, 0) is 9.59 Å². The number of hydrogen-bond donors (Lipinski definition) is 3. The number of carbonyl (C=O) groups excluding carboxylic acids is 2. The number of nitrogens with one attached hydrogen (secondary N) is 2. The van der Waals surface area contributed by atoms with Gasteiger partial charge in [0.2, 0.25) is 5.96 Å². The number of amides is 2. The molecule has 6 heteroatoms. The first-order valence-corrected chi connectivity index (χ1v) is 5.98. The summed E-state index contributed by atoms with van der Waals surface area (Å²) in [7, 11) is 0. The number of aliphatic hydroxyl groups excluding tert-OH is 1. The topological polar surface area (TPSA) is 90.8 Å². The predicted octanol–water partition coefficient (Wildman–Crippen LogP) is -0.613. The molecule has 0 bridgehead atoms. The first-order chi connectivity index (χ1) is 8.20. The van der Waals surface area contributed by atoms with Gasteiger partial charge in [0, 0.05) is 13.2 Å². The minimum atomic E-state index is -0.661. The maximum Gasteiger partial charge on any atom is 0.316 e. The van der Waals surface area contributed by atoms with E-state index in [4.69, 9.17) is 0 Å². The Balaban J connectivity index is 1.90.